The van der Waals surface area contributed by atoms with Gasteiger partial charge in [0.25, 0.3) is 5.91 Å². The van der Waals surface area contributed by atoms with E-state index in [4.69, 9.17) is 0 Å². The van der Waals surface area contributed by atoms with Gasteiger partial charge in [-0.2, -0.15) is 0 Å². The van der Waals surface area contributed by atoms with E-state index in [2.05, 4.69) is 28.1 Å². The van der Waals surface area contributed by atoms with E-state index < -0.39 is 0 Å². The van der Waals surface area contributed by atoms with Crippen molar-refractivity contribution in [2.24, 2.45) is 0 Å². The first-order chi connectivity index (χ1) is 13.6. The van der Waals surface area contributed by atoms with Gasteiger partial charge >= 0.3 is 6.03 Å². The van der Waals surface area contributed by atoms with Gasteiger partial charge in [0.2, 0.25) is 0 Å². The molecule has 1 fully saturated rings. The lowest BCUT2D eigenvalue weighted by Crippen LogP contribution is -2.31. The van der Waals surface area contributed by atoms with E-state index >= 15 is 0 Å². The zero-order valence-corrected chi connectivity index (χ0v) is 16.1. The average molecular weight is 391 g/mol. The van der Waals surface area contributed by atoms with E-state index in [-0.39, 0.29) is 17.4 Å². The molecular formula is C22H21N3O2S. The molecule has 4 rings (SSSR count). The second kappa shape index (κ2) is 7.86. The number of nitrogens with one attached hydrogen (secondary N) is 3. The third-order valence-electron chi connectivity index (χ3n) is 4.93. The Bertz CT molecular complexity index is 966. The van der Waals surface area contributed by atoms with Gasteiger partial charge in [-0.05, 0) is 42.7 Å². The number of amides is 3. The number of anilines is 2. The van der Waals surface area contributed by atoms with E-state index in [1.807, 2.05) is 48.5 Å². The third-order valence-corrected chi connectivity index (χ3v) is 5.92. The molecule has 28 heavy (non-hydrogen) atoms. The number of hydrogen-bond acceptors (Lipinski definition) is 3. The summed E-state index contributed by atoms with van der Waals surface area (Å²) in [5.41, 5.74) is 2.07. The Labute approximate surface area is 167 Å². The smallest absolute Gasteiger partial charge is 0.324 e. The molecule has 3 N–H and O–H groups in total. The lowest BCUT2D eigenvalue weighted by Gasteiger charge is -2.16. The Morgan fingerprint density at radius 2 is 1.54 bits per heavy atom. The molecule has 0 bridgehead atoms. The zero-order valence-electron chi connectivity index (χ0n) is 15.3. The summed E-state index contributed by atoms with van der Waals surface area (Å²) >= 11 is 1.26. The molecule has 0 saturated heterocycles. The van der Waals surface area contributed by atoms with E-state index in [1.54, 1.807) is 12.1 Å². The summed E-state index contributed by atoms with van der Waals surface area (Å²) in [6.07, 6.45) is 2.18. The van der Waals surface area contributed by atoms with E-state index in [9.17, 15) is 9.59 Å². The minimum atomic E-state index is -0.332. The second-order valence-corrected chi connectivity index (χ2v) is 8.02. The summed E-state index contributed by atoms with van der Waals surface area (Å²) in [4.78, 5) is 25.2. The molecule has 2 aromatic carbocycles. The van der Waals surface area contributed by atoms with Crippen LogP contribution in [0.4, 0.5) is 15.5 Å². The first-order valence-corrected chi connectivity index (χ1v) is 10.0. The standard InChI is InChI=1S/C22H21N3O2S/c26-20(23-15-22(13-14-22)16-7-3-1-4-8-16)18-11-12-19(28-18)25-21(27)24-17-9-5-2-6-10-17/h1-12H,13-15H2,(H,23,26)(H2,24,25,27). The van der Waals surface area contributed by atoms with Gasteiger partial charge in [0.05, 0.1) is 9.88 Å². The first-order valence-electron chi connectivity index (χ1n) is 9.21. The van der Waals surface area contributed by atoms with Crippen molar-refractivity contribution in [2.45, 2.75) is 18.3 Å². The Balaban J connectivity index is 1.31. The van der Waals surface area contributed by atoms with Crippen molar-refractivity contribution in [1.29, 1.82) is 0 Å². The van der Waals surface area contributed by atoms with Gasteiger partial charge in [0.15, 0.2) is 0 Å². The Kier molecular flexibility index (Phi) is 5.12. The van der Waals surface area contributed by atoms with E-state index in [0.29, 0.717) is 22.1 Å². The number of thiophene rings is 1. The maximum absolute atomic E-state index is 12.5. The topological polar surface area (TPSA) is 70.2 Å². The van der Waals surface area contributed by atoms with Crippen LogP contribution in [0.1, 0.15) is 28.1 Å². The number of rotatable bonds is 6. The van der Waals surface area contributed by atoms with Crippen LogP contribution in [0.5, 0.6) is 0 Å². The molecule has 3 amide bonds. The Morgan fingerprint density at radius 1 is 0.857 bits per heavy atom. The van der Waals surface area contributed by atoms with Crippen molar-refractivity contribution in [3.63, 3.8) is 0 Å². The highest BCUT2D eigenvalue weighted by molar-refractivity contribution is 7.18. The quantitative estimate of drug-likeness (QED) is 0.562. The maximum Gasteiger partial charge on any atom is 0.324 e. The molecule has 3 aromatic rings. The predicted octanol–water partition coefficient (Wildman–Crippen LogP) is 4.85. The number of benzene rings is 2. The number of hydrogen-bond donors (Lipinski definition) is 3. The zero-order chi connectivity index (χ0) is 19.4. The van der Waals surface area contributed by atoms with Gasteiger partial charge in [-0.15, -0.1) is 11.3 Å². The van der Waals surface area contributed by atoms with Gasteiger partial charge in [0.1, 0.15) is 0 Å². The van der Waals surface area contributed by atoms with Crippen molar-refractivity contribution in [1.82, 2.24) is 5.32 Å². The van der Waals surface area contributed by atoms with Gasteiger partial charge in [-0.3, -0.25) is 10.1 Å². The molecule has 1 heterocycles. The summed E-state index contributed by atoms with van der Waals surface area (Å²) in [6, 6.07) is 22.7. The highest BCUT2D eigenvalue weighted by Gasteiger charge is 2.44. The molecule has 1 saturated carbocycles. The van der Waals surface area contributed by atoms with E-state index in [0.717, 1.165) is 12.8 Å². The highest BCUT2D eigenvalue weighted by Crippen LogP contribution is 2.47. The van der Waals surface area contributed by atoms with Crippen molar-refractivity contribution < 1.29 is 9.59 Å². The summed E-state index contributed by atoms with van der Waals surface area (Å²) in [7, 11) is 0. The Hall–Kier alpha value is -3.12. The van der Waals surface area contributed by atoms with Crippen LogP contribution in [0, 0.1) is 0 Å². The SMILES string of the molecule is O=C(Nc1ccccc1)Nc1ccc(C(=O)NCC2(c3ccccc3)CC2)s1. The number of para-hydroxylation sites is 1. The molecule has 0 aliphatic heterocycles. The first kappa shape index (κ1) is 18.3. The molecule has 0 unspecified atom stereocenters. The van der Waals surface area contributed by atoms with Crippen LogP contribution >= 0.6 is 11.3 Å². The van der Waals surface area contributed by atoms with Gasteiger partial charge < -0.3 is 10.6 Å². The molecule has 142 valence electrons. The third kappa shape index (κ3) is 4.23. The number of urea groups is 1. The fourth-order valence-electron chi connectivity index (χ4n) is 3.17. The van der Waals surface area contributed by atoms with Gasteiger partial charge in [-0.25, -0.2) is 4.79 Å². The van der Waals surface area contributed by atoms with Crippen molar-refractivity contribution in [2.75, 3.05) is 17.2 Å². The van der Waals surface area contributed by atoms with Crippen LogP contribution in [-0.2, 0) is 5.41 Å². The van der Waals surface area contributed by atoms with Crippen LogP contribution in [0.2, 0.25) is 0 Å². The molecule has 0 spiro atoms. The fourth-order valence-corrected chi connectivity index (χ4v) is 3.99. The second-order valence-electron chi connectivity index (χ2n) is 6.94. The maximum atomic E-state index is 12.5. The highest BCUT2D eigenvalue weighted by atomic mass is 32.1. The normalized spacial score (nSPS) is 14.1. The van der Waals surface area contributed by atoms with Crippen molar-refractivity contribution in [3.05, 3.63) is 83.2 Å². The fraction of sp³-hybridized carbons (Fsp3) is 0.182. The van der Waals surface area contributed by atoms with Crippen LogP contribution in [0.3, 0.4) is 0 Å². The number of carbonyl (C=O) groups is 2. The van der Waals surface area contributed by atoms with Crippen LogP contribution < -0.4 is 16.0 Å². The number of carbonyl (C=O) groups excluding carboxylic acids is 2. The molecule has 1 aromatic heterocycles. The minimum absolute atomic E-state index is 0.0742. The predicted molar refractivity (Wildman–Crippen MR) is 113 cm³/mol. The average Bonchev–Trinajstić information content (AvgIpc) is 3.38. The monoisotopic (exact) mass is 391 g/mol. The summed E-state index contributed by atoms with van der Waals surface area (Å²) < 4.78 is 0. The Morgan fingerprint density at radius 3 is 2.21 bits per heavy atom. The van der Waals surface area contributed by atoms with Gasteiger partial charge in [0, 0.05) is 17.6 Å². The van der Waals surface area contributed by atoms with Crippen molar-refractivity contribution >= 4 is 34.0 Å². The van der Waals surface area contributed by atoms with Gasteiger partial charge in [-0.1, -0.05) is 48.5 Å². The van der Waals surface area contributed by atoms with Crippen LogP contribution in [0.15, 0.2) is 72.8 Å². The minimum Gasteiger partial charge on any atom is -0.350 e. The summed E-state index contributed by atoms with van der Waals surface area (Å²) in [5.74, 6) is -0.108. The van der Waals surface area contributed by atoms with Crippen molar-refractivity contribution in [3.8, 4) is 0 Å². The molecule has 1 aliphatic rings. The molecular weight excluding hydrogens is 370 g/mol. The molecule has 5 nitrogen and oxygen atoms in total. The molecule has 6 heteroatoms. The van der Waals surface area contributed by atoms with E-state index in [1.165, 1.54) is 16.9 Å². The summed E-state index contributed by atoms with van der Waals surface area (Å²) in [5, 5.41) is 9.20. The largest absolute Gasteiger partial charge is 0.350 e. The summed E-state index contributed by atoms with van der Waals surface area (Å²) in [6.45, 7) is 0.630. The lowest BCUT2D eigenvalue weighted by atomic mass is 9.96. The lowest BCUT2D eigenvalue weighted by molar-refractivity contribution is 0.0953. The molecule has 0 atom stereocenters. The van der Waals surface area contributed by atoms with Crippen LogP contribution in [0.25, 0.3) is 0 Å². The van der Waals surface area contributed by atoms with Crippen LogP contribution in [-0.4, -0.2) is 18.5 Å². The molecule has 1 aliphatic carbocycles. The molecule has 0 radical (unpaired) electrons.